The number of aliphatic imine (C=N–C) groups is 1. The first kappa shape index (κ1) is 10.9. The van der Waals surface area contributed by atoms with E-state index in [1.807, 2.05) is 6.21 Å². The topological polar surface area (TPSA) is 30.8 Å². The second kappa shape index (κ2) is 3.46. The Balaban J connectivity index is 2.23. The molecular weight excluding hydrogens is 189 g/mol. The summed E-state index contributed by atoms with van der Waals surface area (Å²) in [6.07, 6.45) is 4.18. The molecule has 15 heavy (non-hydrogen) atoms. The van der Waals surface area contributed by atoms with E-state index >= 15 is 0 Å². The number of allylic oxidation sites excluding steroid dienone is 1. The van der Waals surface area contributed by atoms with E-state index in [-0.39, 0.29) is 17.9 Å². The zero-order valence-electron chi connectivity index (χ0n) is 9.91. The van der Waals surface area contributed by atoms with Gasteiger partial charge < -0.3 is 9.31 Å². The predicted octanol–water partition coefficient (Wildman–Crippen LogP) is 2.08. The van der Waals surface area contributed by atoms with Crippen LogP contribution >= 0.6 is 0 Å². The van der Waals surface area contributed by atoms with Crippen LogP contribution in [0.1, 0.15) is 27.7 Å². The number of hydrogen-bond donors (Lipinski definition) is 0. The van der Waals surface area contributed by atoms with Crippen LogP contribution in [0.2, 0.25) is 0 Å². The van der Waals surface area contributed by atoms with Crippen molar-refractivity contribution in [1.82, 2.24) is 0 Å². The van der Waals surface area contributed by atoms with Gasteiger partial charge in [0.2, 0.25) is 0 Å². The maximum atomic E-state index is 5.45. The van der Waals surface area contributed by atoms with Gasteiger partial charge in [0.1, 0.15) is 0 Å². The number of rotatable bonds is 1. The Morgan fingerprint density at radius 1 is 1.13 bits per heavy atom. The minimum absolute atomic E-state index is 0.0785. The molecule has 2 heterocycles. The Bertz CT molecular complexity index is 315. The Morgan fingerprint density at radius 3 is 2.27 bits per heavy atom. The van der Waals surface area contributed by atoms with E-state index < -0.39 is 0 Å². The Morgan fingerprint density at radius 2 is 1.73 bits per heavy atom. The minimum Gasteiger partial charge on any atom is -0.404 e. The highest BCUT2D eigenvalue weighted by atomic mass is 16.6. The highest BCUT2D eigenvalue weighted by Gasteiger charge is 2.40. The summed E-state index contributed by atoms with van der Waals surface area (Å²) < 4.78 is 10.9. The first-order chi connectivity index (χ1) is 6.92. The van der Waals surface area contributed by atoms with E-state index in [1.165, 1.54) is 0 Å². The Labute approximate surface area is 91.7 Å². The molecule has 0 aromatic rings. The number of hydrogen-bond acceptors (Lipinski definition) is 3. The molecule has 0 N–H and O–H groups in total. The van der Waals surface area contributed by atoms with Gasteiger partial charge in [-0.3, -0.25) is 4.99 Å². The molecule has 82 valence electrons. The average molecular weight is 207 g/mol. The van der Waals surface area contributed by atoms with Crippen molar-refractivity contribution in [3.05, 3.63) is 11.7 Å². The molecule has 0 amide bonds. The first-order valence-corrected chi connectivity index (χ1v) is 5.44. The van der Waals surface area contributed by atoms with E-state index in [0.717, 1.165) is 5.60 Å². The smallest absolute Gasteiger partial charge is 0.404 e. The molecule has 0 aromatic carbocycles. The summed E-state index contributed by atoms with van der Waals surface area (Å²) in [5.74, 6) is 0. The van der Waals surface area contributed by atoms with Crippen molar-refractivity contribution in [2.24, 2.45) is 15.8 Å². The second-order valence-electron chi connectivity index (χ2n) is 5.34. The third-order valence-electron chi connectivity index (χ3n) is 3.57. The van der Waals surface area contributed by atoms with Gasteiger partial charge in [-0.2, -0.15) is 0 Å². The molecule has 0 bridgehead atoms. The van der Waals surface area contributed by atoms with Gasteiger partial charge in [0.15, 0.2) is 0 Å². The Hall–Kier alpha value is -0.605. The van der Waals surface area contributed by atoms with Crippen LogP contribution in [0.25, 0.3) is 0 Å². The molecule has 0 unspecified atom stereocenters. The normalized spacial score (nSPS) is 28.0. The molecule has 0 atom stereocenters. The maximum Gasteiger partial charge on any atom is 0.513 e. The molecule has 0 saturated carbocycles. The van der Waals surface area contributed by atoms with Crippen molar-refractivity contribution in [2.45, 2.75) is 27.7 Å². The molecule has 4 heteroatoms. The SMILES string of the molecule is CC1(C)C=NC(B2OCCO2)=CC1(C)C. The molecular formula is C11H18BNO2. The van der Waals surface area contributed by atoms with Crippen molar-refractivity contribution in [2.75, 3.05) is 13.2 Å². The van der Waals surface area contributed by atoms with Crippen LogP contribution in [0, 0.1) is 10.8 Å². The van der Waals surface area contributed by atoms with E-state index in [4.69, 9.17) is 9.31 Å². The van der Waals surface area contributed by atoms with Crippen molar-refractivity contribution >= 4 is 13.3 Å². The van der Waals surface area contributed by atoms with Gasteiger partial charge in [-0.15, -0.1) is 0 Å². The van der Waals surface area contributed by atoms with Gasteiger partial charge in [0, 0.05) is 11.6 Å². The zero-order valence-corrected chi connectivity index (χ0v) is 9.91. The molecule has 2 rings (SSSR count). The fourth-order valence-electron chi connectivity index (χ4n) is 1.65. The molecule has 0 aromatic heterocycles. The summed E-state index contributed by atoms with van der Waals surface area (Å²) in [4.78, 5) is 4.45. The molecule has 3 nitrogen and oxygen atoms in total. The lowest BCUT2D eigenvalue weighted by Crippen LogP contribution is -2.36. The van der Waals surface area contributed by atoms with Gasteiger partial charge in [0.05, 0.1) is 18.8 Å². The third-order valence-corrected chi connectivity index (χ3v) is 3.57. The lowest BCUT2D eigenvalue weighted by molar-refractivity contribution is 0.258. The molecule has 2 aliphatic rings. The summed E-state index contributed by atoms with van der Waals surface area (Å²) in [5, 5.41) is 0. The van der Waals surface area contributed by atoms with Gasteiger partial charge in [-0.05, 0) is 5.41 Å². The lowest BCUT2D eigenvalue weighted by Gasteiger charge is -2.39. The van der Waals surface area contributed by atoms with Gasteiger partial charge in [-0.1, -0.05) is 33.8 Å². The van der Waals surface area contributed by atoms with E-state index in [2.05, 4.69) is 38.8 Å². The highest BCUT2D eigenvalue weighted by Crippen LogP contribution is 2.42. The Kier molecular flexibility index (Phi) is 2.51. The molecule has 0 radical (unpaired) electrons. The van der Waals surface area contributed by atoms with Gasteiger partial charge in [-0.25, -0.2) is 0 Å². The van der Waals surface area contributed by atoms with E-state index in [0.29, 0.717) is 13.2 Å². The van der Waals surface area contributed by atoms with Crippen LogP contribution in [0.5, 0.6) is 0 Å². The monoisotopic (exact) mass is 207 g/mol. The van der Waals surface area contributed by atoms with E-state index in [9.17, 15) is 0 Å². The van der Waals surface area contributed by atoms with Gasteiger partial charge >= 0.3 is 7.12 Å². The molecule has 0 aliphatic carbocycles. The molecule has 2 aliphatic heterocycles. The fourth-order valence-corrected chi connectivity index (χ4v) is 1.65. The summed E-state index contributed by atoms with van der Waals surface area (Å²) in [6.45, 7) is 10.2. The van der Waals surface area contributed by atoms with Crippen LogP contribution in [-0.4, -0.2) is 26.5 Å². The van der Waals surface area contributed by atoms with E-state index in [1.54, 1.807) is 0 Å². The molecule has 1 fully saturated rings. The average Bonchev–Trinajstić information content (AvgIpc) is 2.62. The summed E-state index contributed by atoms with van der Waals surface area (Å²) in [6, 6.07) is 0. The maximum absolute atomic E-state index is 5.45. The largest absolute Gasteiger partial charge is 0.513 e. The van der Waals surface area contributed by atoms with Crippen molar-refractivity contribution in [3.8, 4) is 0 Å². The summed E-state index contributed by atoms with van der Waals surface area (Å²) in [5.41, 5.74) is 1.07. The van der Waals surface area contributed by atoms with Crippen LogP contribution in [0.3, 0.4) is 0 Å². The van der Waals surface area contributed by atoms with Crippen LogP contribution in [0.4, 0.5) is 0 Å². The van der Waals surface area contributed by atoms with Crippen LogP contribution in [0.15, 0.2) is 16.7 Å². The molecule has 0 spiro atoms. The molecule has 1 saturated heterocycles. The minimum atomic E-state index is -0.253. The first-order valence-electron chi connectivity index (χ1n) is 5.44. The van der Waals surface area contributed by atoms with Crippen molar-refractivity contribution in [3.63, 3.8) is 0 Å². The van der Waals surface area contributed by atoms with Crippen molar-refractivity contribution < 1.29 is 9.31 Å². The van der Waals surface area contributed by atoms with Crippen LogP contribution in [-0.2, 0) is 9.31 Å². The summed E-state index contributed by atoms with van der Waals surface area (Å²) in [7, 11) is -0.253. The van der Waals surface area contributed by atoms with Crippen LogP contribution < -0.4 is 0 Å². The third kappa shape index (κ3) is 1.88. The standard InChI is InChI=1S/C11H18BNO2/c1-10(2)7-9(12-14-5-6-15-12)13-8-11(10,3)4/h7-8H,5-6H2,1-4H3. The highest BCUT2D eigenvalue weighted by molar-refractivity contribution is 6.54. The quantitative estimate of drug-likeness (QED) is 0.616. The fraction of sp³-hybridized carbons (Fsp3) is 0.727. The summed E-state index contributed by atoms with van der Waals surface area (Å²) >= 11 is 0. The van der Waals surface area contributed by atoms with Crippen molar-refractivity contribution in [1.29, 1.82) is 0 Å². The van der Waals surface area contributed by atoms with Gasteiger partial charge in [0.25, 0.3) is 0 Å². The lowest BCUT2D eigenvalue weighted by atomic mass is 9.64. The zero-order chi connectivity index (χ0) is 11.1. The second-order valence-corrected chi connectivity index (χ2v) is 5.34. The number of nitrogens with zero attached hydrogens (tertiary/aromatic N) is 1. The predicted molar refractivity (Wildman–Crippen MR) is 61.8 cm³/mol.